The van der Waals surface area contributed by atoms with Crippen molar-refractivity contribution in [3.8, 4) is 0 Å². The summed E-state index contributed by atoms with van der Waals surface area (Å²) in [6.45, 7) is 0. The van der Waals surface area contributed by atoms with Gasteiger partial charge in [-0.25, -0.2) is 0 Å². The van der Waals surface area contributed by atoms with E-state index in [2.05, 4.69) is 24.3 Å². The largest absolute Gasteiger partial charge is 0.0839 e. The van der Waals surface area contributed by atoms with E-state index in [-0.39, 0.29) is 0 Å². The third-order valence-electron chi connectivity index (χ3n) is 3.29. The molecule has 0 aromatic rings. The maximum atomic E-state index is 2.45. The third-order valence-corrected chi connectivity index (χ3v) is 3.29. The molecule has 0 N–H and O–H groups in total. The Hall–Kier alpha value is -0.520. The molecule has 52 valence electrons. The molecule has 0 radical (unpaired) electrons. The minimum Gasteiger partial charge on any atom is -0.0839 e. The average Bonchev–Trinajstić information content (AvgIpc) is 2.67. The fourth-order valence-electron chi connectivity index (χ4n) is 2.54. The van der Waals surface area contributed by atoms with Gasteiger partial charge in [0.2, 0.25) is 0 Å². The zero-order chi connectivity index (χ0) is 6.55. The fraction of sp³-hybridized carbons (Fsp3) is 0.600. The lowest BCUT2D eigenvalue weighted by molar-refractivity contribution is 0.610. The van der Waals surface area contributed by atoms with E-state index in [0.29, 0.717) is 0 Å². The molecule has 0 saturated heterocycles. The van der Waals surface area contributed by atoms with Crippen LogP contribution in [0.5, 0.6) is 0 Å². The van der Waals surface area contributed by atoms with Crippen molar-refractivity contribution in [3.05, 3.63) is 24.3 Å². The van der Waals surface area contributed by atoms with Crippen LogP contribution >= 0.6 is 0 Å². The second-order valence-corrected chi connectivity index (χ2v) is 3.83. The normalized spacial score (nSPS) is 54.4. The molecule has 2 unspecified atom stereocenters. The summed E-state index contributed by atoms with van der Waals surface area (Å²) in [4.78, 5) is 0. The number of hydrogen-bond acceptors (Lipinski definition) is 0. The molecule has 0 aliphatic heterocycles. The minimum absolute atomic E-state index is 0.792. The van der Waals surface area contributed by atoms with Gasteiger partial charge in [-0.3, -0.25) is 0 Å². The SMILES string of the molecule is C1=CC2C3C=CC1CCC23. The Labute approximate surface area is 61.6 Å². The molecule has 2 atom stereocenters. The smallest absolute Gasteiger partial charge is 0.00532 e. The van der Waals surface area contributed by atoms with Crippen LogP contribution in [-0.2, 0) is 0 Å². The molecule has 4 bridgehead atoms. The lowest BCUT2D eigenvalue weighted by atomic mass is 10.0. The van der Waals surface area contributed by atoms with Crippen LogP contribution in [0.3, 0.4) is 0 Å². The second kappa shape index (κ2) is 1.55. The van der Waals surface area contributed by atoms with Crippen LogP contribution in [0.4, 0.5) is 0 Å². The number of allylic oxidation sites excluding steroid dienone is 4. The Morgan fingerprint density at radius 1 is 0.800 bits per heavy atom. The van der Waals surface area contributed by atoms with Gasteiger partial charge in [-0.05, 0) is 36.5 Å². The molecule has 4 aliphatic carbocycles. The summed E-state index contributed by atoms with van der Waals surface area (Å²) in [5.74, 6) is 3.73. The molecular weight excluding hydrogens is 120 g/mol. The standard InChI is InChI=1S/C10H12/c1-4-8-9-5-2-7(1)3-6-10(8)9/h1-2,4-5,7-10H,3,6H2. The molecule has 10 heavy (non-hydrogen) atoms. The van der Waals surface area contributed by atoms with Crippen molar-refractivity contribution in [1.29, 1.82) is 0 Å². The van der Waals surface area contributed by atoms with Gasteiger partial charge in [-0.15, -0.1) is 0 Å². The topological polar surface area (TPSA) is 0 Å². The van der Waals surface area contributed by atoms with E-state index in [1.165, 1.54) is 12.8 Å². The molecule has 1 saturated carbocycles. The van der Waals surface area contributed by atoms with E-state index < -0.39 is 0 Å². The lowest BCUT2D eigenvalue weighted by Crippen LogP contribution is -1.88. The predicted octanol–water partition coefficient (Wildman–Crippen LogP) is 2.38. The fourth-order valence-corrected chi connectivity index (χ4v) is 2.54. The highest BCUT2D eigenvalue weighted by Gasteiger charge is 2.48. The first-order valence-corrected chi connectivity index (χ1v) is 4.32. The van der Waals surface area contributed by atoms with Gasteiger partial charge in [-0.2, -0.15) is 0 Å². The minimum atomic E-state index is 0.792. The van der Waals surface area contributed by atoms with E-state index in [0.717, 1.165) is 23.7 Å². The van der Waals surface area contributed by atoms with Gasteiger partial charge in [0.25, 0.3) is 0 Å². The van der Waals surface area contributed by atoms with Gasteiger partial charge in [0.05, 0.1) is 0 Å². The second-order valence-electron chi connectivity index (χ2n) is 3.83. The van der Waals surface area contributed by atoms with Gasteiger partial charge < -0.3 is 0 Å². The Kier molecular flexibility index (Phi) is 0.803. The van der Waals surface area contributed by atoms with Crippen molar-refractivity contribution < 1.29 is 0 Å². The zero-order valence-electron chi connectivity index (χ0n) is 6.03. The van der Waals surface area contributed by atoms with E-state index in [4.69, 9.17) is 0 Å². The van der Waals surface area contributed by atoms with Crippen molar-refractivity contribution in [1.82, 2.24) is 0 Å². The zero-order valence-corrected chi connectivity index (χ0v) is 6.03. The summed E-state index contributed by atoms with van der Waals surface area (Å²) >= 11 is 0. The van der Waals surface area contributed by atoms with Crippen LogP contribution in [0.25, 0.3) is 0 Å². The van der Waals surface area contributed by atoms with Gasteiger partial charge in [0.15, 0.2) is 0 Å². The first-order chi connectivity index (χ1) is 4.95. The van der Waals surface area contributed by atoms with Crippen LogP contribution in [0, 0.1) is 23.7 Å². The molecule has 0 aromatic heterocycles. The van der Waals surface area contributed by atoms with Crippen molar-refractivity contribution in [2.24, 2.45) is 23.7 Å². The highest BCUT2D eigenvalue weighted by atomic mass is 14.5. The number of rotatable bonds is 0. The predicted molar refractivity (Wildman–Crippen MR) is 41.5 cm³/mol. The summed E-state index contributed by atoms with van der Waals surface area (Å²) < 4.78 is 0. The van der Waals surface area contributed by atoms with Gasteiger partial charge >= 0.3 is 0 Å². The molecule has 0 amide bonds. The summed E-state index contributed by atoms with van der Waals surface area (Å²) in [5.41, 5.74) is 0. The van der Waals surface area contributed by atoms with Gasteiger partial charge in [0, 0.05) is 0 Å². The Bertz CT molecular complexity index is 192. The summed E-state index contributed by atoms with van der Waals surface area (Å²) in [6.07, 6.45) is 12.6. The summed E-state index contributed by atoms with van der Waals surface area (Å²) in [7, 11) is 0. The Morgan fingerprint density at radius 3 is 2.20 bits per heavy atom. The molecular formula is C10H12. The quantitative estimate of drug-likeness (QED) is 0.444. The maximum absolute atomic E-state index is 2.45. The molecule has 0 heteroatoms. The molecule has 0 nitrogen and oxygen atoms in total. The first kappa shape index (κ1) is 5.17. The molecule has 0 spiro atoms. The highest BCUT2D eigenvalue weighted by Crippen LogP contribution is 2.55. The first-order valence-electron chi connectivity index (χ1n) is 4.32. The van der Waals surface area contributed by atoms with Crippen LogP contribution in [0.15, 0.2) is 24.3 Å². The molecule has 1 fully saturated rings. The molecule has 4 rings (SSSR count). The summed E-state index contributed by atoms with van der Waals surface area (Å²) in [5, 5.41) is 0. The van der Waals surface area contributed by atoms with E-state index in [1.807, 2.05) is 0 Å². The highest BCUT2D eigenvalue weighted by molar-refractivity contribution is 5.24. The number of hydrogen-bond donors (Lipinski definition) is 0. The third kappa shape index (κ3) is 0.524. The average molecular weight is 132 g/mol. The summed E-state index contributed by atoms with van der Waals surface area (Å²) in [6, 6.07) is 0. The van der Waals surface area contributed by atoms with Crippen LogP contribution in [0.1, 0.15) is 12.8 Å². The number of fused-ring (bicyclic) bond motifs is 1. The Morgan fingerprint density at radius 2 is 1.50 bits per heavy atom. The van der Waals surface area contributed by atoms with Crippen molar-refractivity contribution in [2.75, 3.05) is 0 Å². The van der Waals surface area contributed by atoms with Crippen LogP contribution in [0.2, 0.25) is 0 Å². The van der Waals surface area contributed by atoms with Crippen molar-refractivity contribution in [3.63, 3.8) is 0 Å². The maximum Gasteiger partial charge on any atom is -0.00532 e. The van der Waals surface area contributed by atoms with Gasteiger partial charge in [0.1, 0.15) is 0 Å². The van der Waals surface area contributed by atoms with E-state index >= 15 is 0 Å². The van der Waals surface area contributed by atoms with Crippen LogP contribution in [-0.4, -0.2) is 0 Å². The lowest BCUT2D eigenvalue weighted by Gasteiger charge is -2.00. The Balaban J connectivity index is 2.07. The molecule has 4 aliphatic rings. The van der Waals surface area contributed by atoms with Crippen LogP contribution < -0.4 is 0 Å². The monoisotopic (exact) mass is 132 g/mol. The van der Waals surface area contributed by atoms with E-state index in [9.17, 15) is 0 Å². The molecule has 0 aromatic carbocycles. The molecule has 0 heterocycles. The van der Waals surface area contributed by atoms with Gasteiger partial charge in [-0.1, -0.05) is 24.3 Å². The van der Waals surface area contributed by atoms with Crippen molar-refractivity contribution >= 4 is 0 Å². The van der Waals surface area contributed by atoms with Crippen molar-refractivity contribution in [2.45, 2.75) is 12.8 Å². The van der Waals surface area contributed by atoms with E-state index in [1.54, 1.807) is 0 Å².